The maximum atomic E-state index is 4.80. The standard InChI is InChI=1S/C15H19N3/c1-10(2)13-7-11(3)8-14(17-13)12-9-16-18-6-4-5-15(12)18/h7-10H,4-6H2,1-3H3. The quantitative estimate of drug-likeness (QED) is 0.807. The maximum Gasteiger partial charge on any atom is 0.0742 e. The van der Waals surface area contributed by atoms with E-state index in [0.29, 0.717) is 5.92 Å². The average Bonchev–Trinajstić information content (AvgIpc) is 2.89. The van der Waals surface area contributed by atoms with Gasteiger partial charge >= 0.3 is 0 Å². The van der Waals surface area contributed by atoms with Crippen LogP contribution in [0.4, 0.5) is 0 Å². The Morgan fingerprint density at radius 2 is 2.11 bits per heavy atom. The van der Waals surface area contributed by atoms with Crippen LogP contribution in [0, 0.1) is 6.92 Å². The maximum absolute atomic E-state index is 4.80. The molecule has 94 valence electrons. The van der Waals surface area contributed by atoms with E-state index in [0.717, 1.165) is 18.7 Å². The van der Waals surface area contributed by atoms with Crippen molar-refractivity contribution < 1.29 is 0 Å². The van der Waals surface area contributed by atoms with Crippen LogP contribution in [0.2, 0.25) is 0 Å². The molecule has 0 aliphatic carbocycles. The minimum atomic E-state index is 0.465. The predicted octanol–water partition coefficient (Wildman–Crippen LogP) is 3.32. The molecule has 3 rings (SSSR count). The van der Waals surface area contributed by atoms with Crippen molar-refractivity contribution in [1.82, 2.24) is 14.8 Å². The number of aryl methyl sites for hydroxylation is 2. The van der Waals surface area contributed by atoms with E-state index in [-0.39, 0.29) is 0 Å². The summed E-state index contributed by atoms with van der Waals surface area (Å²) in [6.45, 7) is 7.57. The van der Waals surface area contributed by atoms with Gasteiger partial charge in [0.1, 0.15) is 0 Å². The molecule has 0 N–H and O–H groups in total. The summed E-state index contributed by atoms with van der Waals surface area (Å²) in [5.41, 5.74) is 6.10. The molecule has 0 fully saturated rings. The molecule has 1 aliphatic rings. The van der Waals surface area contributed by atoms with Crippen molar-refractivity contribution >= 4 is 0 Å². The first-order valence-corrected chi connectivity index (χ1v) is 6.69. The molecule has 3 heterocycles. The number of rotatable bonds is 2. The molecular weight excluding hydrogens is 222 g/mol. The van der Waals surface area contributed by atoms with E-state index in [2.05, 4.69) is 42.7 Å². The zero-order valence-corrected chi connectivity index (χ0v) is 11.3. The van der Waals surface area contributed by atoms with Crippen molar-refractivity contribution in [3.05, 3.63) is 35.3 Å². The summed E-state index contributed by atoms with van der Waals surface area (Å²) < 4.78 is 2.12. The van der Waals surface area contributed by atoms with E-state index >= 15 is 0 Å². The van der Waals surface area contributed by atoms with Gasteiger partial charge in [0.25, 0.3) is 0 Å². The van der Waals surface area contributed by atoms with Crippen LogP contribution in [-0.4, -0.2) is 14.8 Å². The van der Waals surface area contributed by atoms with Crippen LogP contribution in [0.3, 0.4) is 0 Å². The topological polar surface area (TPSA) is 30.7 Å². The van der Waals surface area contributed by atoms with Gasteiger partial charge in [-0.05, 0) is 43.4 Å². The molecule has 0 spiro atoms. The SMILES string of the molecule is Cc1cc(-c2cnn3c2CCC3)nc(C(C)C)c1. The summed E-state index contributed by atoms with van der Waals surface area (Å²) in [7, 11) is 0. The highest BCUT2D eigenvalue weighted by Crippen LogP contribution is 2.28. The molecule has 0 saturated heterocycles. The van der Waals surface area contributed by atoms with Crippen molar-refractivity contribution in [3.8, 4) is 11.3 Å². The molecule has 3 heteroatoms. The van der Waals surface area contributed by atoms with Crippen LogP contribution in [0.5, 0.6) is 0 Å². The predicted molar refractivity (Wildman–Crippen MR) is 72.6 cm³/mol. The third-order valence-corrected chi connectivity index (χ3v) is 3.59. The largest absolute Gasteiger partial charge is 0.269 e. The Kier molecular flexibility index (Phi) is 2.69. The molecule has 0 bridgehead atoms. The minimum absolute atomic E-state index is 0.465. The Bertz CT molecular complexity index is 581. The number of fused-ring (bicyclic) bond motifs is 1. The Labute approximate surface area is 108 Å². The Morgan fingerprint density at radius 3 is 2.89 bits per heavy atom. The summed E-state index contributed by atoms with van der Waals surface area (Å²) >= 11 is 0. The van der Waals surface area contributed by atoms with Crippen molar-refractivity contribution in [3.63, 3.8) is 0 Å². The lowest BCUT2D eigenvalue weighted by Gasteiger charge is -2.09. The smallest absolute Gasteiger partial charge is 0.0742 e. The van der Waals surface area contributed by atoms with E-state index < -0.39 is 0 Å². The molecule has 2 aromatic rings. The lowest BCUT2D eigenvalue weighted by atomic mass is 10.0. The molecule has 0 radical (unpaired) electrons. The van der Waals surface area contributed by atoms with Gasteiger partial charge in [0.2, 0.25) is 0 Å². The zero-order chi connectivity index (χ0) is 12.7. The number of hydrogen-bond acceptors (Lipinski definition) is 2. The van der Waals surface area contributed by atoms with Crippen molar-refractivity contribution in [2.24, 2.45) is 0 Å². The van der Waals surface area contributed by atoms with Gasteiger partial charge in [-0.15, -0.1) is 0 Å². The van der Waals surface area contributed by atoms with Crippen LogP contribution >= 0.6 is 0 Å². The second-order valence-corrected chi connectivity index (χ2v) is 5.44. The highest BCUT2D eigenvalue weighted by molar-refractivity contribution is 5.62. The van der Waals surface area contributed by atoms with E-state index in [9.17, 15) is 0 Å². The van der Waals surface area contributed by atoms with E-state index in [1.807, 2.05) is 6.20 Å². The molecule has 0 aromatic carbocycles. The first-order valence-electron chi connectivity index (χ1n) is 6.69. The fourth-order valence-electron chi connectivity index (χ4n) is 2.61. The summed E-state index contributed by atoms with van der Waals surface area (Å²) in [6, 6.07) is 4.35. The second-order valence-electron chi connectivity index (χ2n) is 5.44. The molecule has 1 aliphatic heterocycles. The average molecular weight is 241 g/mol. The first-order chi connectivity index (χ1) is 8.65. The fourth-order valence-corrected chi connectivity index (χ4v) is 2.61. The van der Waals surface area contributed by atoms with E-state index in [4.69, 9.17) is 4.98 Å². The number of nitrogens with zero attached hydrogens (tertiary/aromatic N) is 3. The lowest BCUT2D eigenvalue weighted by molar-refractivity contribution is 0.656. The van der Waals surface area contributed by atoms with Gasteiger partial charge < -0.3 is 0 Å². The van der Waals surface area contributed by atoms with E-state index in [1.54, 1.807) is 0 Å². The zero-order valence-electron chi connectivity index (χ0n) is 11.3. The first kappa shape index (κ1) is 11.5. The normalized spacial score (nSPS) is 14.2. The van der Waals surface area contributed by atoms with Gasteiger partial charge in [-0.1, -0.05) is 13.8 Å². The van der Waals surface area contributed by atoms with Crippen molar-refractivity contribution in [2.75, 3.05) is 0 Å². The lowest BCUT2D eigenvalue weighted by Crippen LogP contribution is -1.97. The number of pyridine rings is 1. The molecule has 3 nitrogen and oxygen atoms in total. The van der Waals surface area contributed by atoms with Gasteiger partial charge in [-0.3, -0.25) is 9.67 Å². The van der Waals surface area contributed by atoms with Crippen LogP contribution in [0.25, 0.3) is 11.3 Å². The number of hydrogen-bond donors (Lipinski definition) is 0. The summed E-state index contributed by atoms with van der Waals surface area (Å²) in [4.78, 5) is 4.80. The van der Waals surface area contributed by atoms with Gasteiger partial charge in [-0.2, -0.15) is 5.10 Å². The molecule has 18 heavy (non-hydrogen) atoms. The van der Waals surface area contributed by atoms with Gasteiger partial charge in [0.05, 0.1) is 11.9 Å². The minimum Gasteiger partial charge on any atom is -0.269 e. The highest BCUT2D eigenvalue weighted by Gasteiger charge is 2.18. The van der Waals surface area contributed by atoms with Crippen LogP contribution in [0.15, 0.2) is 18.3 Å². The highest BCUT2D eigenvalue weighted by atomic mass is 15.3. The Morgan fingerprint density at radius 1 is 1.28 bits per heavy atom. The van der Waals surface area contributed by atoms with E-state index in [1.165, 1.54) is 28.9 Å². The second kappa shape index (κ2) is 4.23. The molecule has 0 amide bonds. The monoisotopic (exact) mass is 241 g/mol. The van der Waals surface area contributed by atoms with Crippen LogP contribution < -0.4 is 0 Å². The Balaban J connectivity index is 2.11. The summed E-state index contributed by atoms with van der Waals surface area (Å²) in [5, 5.41) is 4.45. The molecule has 0 unspecified atom stereocenters. The summed E-state index contributed by atoms with van der Waals surface area (Å²) in [5.74, 6) is 0.465. The van der Waals surface area contributed by atoms with Gasteiger partial charge in [0.15, 0.2) is 0 Å². The van der Waals surface area contributed by atoms with Gasteiger partial charge in [0, 0.05) is 23.5 Å². The van der Waals surface area contributed by atoms with Crippen molar-refractivity contribution in [2.45, 2.75) is 46.1 Å². The molecule has 2 aromatic heterocycles. The molecular formula is C15H19N3. The fraction of sp³-hybridized carbons (Fsp3) is 0.467. The summed E-state index contributed by atoms with van der Waals surface area (Å²) in [6.07, 6.45) is 4.31. The third kappa shape index (κ3) is 1.84. The number of aromatic nitrogens is 3. The van der Waals surface area contributed by atoms with Crippen LogP contribution in [0.1, 0.15) is 43.1 Å². The molecule has 0 saturated carbocycles. The van der Waals surface area contributed by atoms with Crippen LogP contribution in [-0.2, 0) is 13.0 Å². The van der Waals surface area contributed by atoms with Gasteiger partial charge in [-0.25, -0.2) is 0 Å². The Hall–Kier alpha value is -1.64. The third-order valence-electron chi connectivity index (χ3n) is 3.59. The van der Waals surface area contributed by atoms with Crippen molar-refractivity contribution in [1.29, 1.82) is 0 Å². The molecule has 0 atom stereocenters.